The van der Waals surface area contributed by atoms with E-state index in [1.807, 2.05) is 0 Å². The number of amides is 11. The molecule has 0 saturated carbocycles. The Kier molecular flexibility index (Phi) is 27.9. The lowest BCUT2D eigenvalue weighted by atomic mass is 9.95. The van der Waals surface area contributed by atoms with Crippen molar-refractivity contribution in [1.29, 1.82) is 0 Å². The number of nitrogens with one attached hydrogen (secondary N) is 8. The number of hydrogen-bond acceptors (Lipinski definition) is 13. The number of nitrogens with two attached hydrogens (primary N) is 3. The lowest BCUT2D eigenvalue weighted by molar-refractivity contribution is -0.142. The topological polar surface area (TPSA) is 401 Å². The van der Waals surface area contributed by atoms with E-state index in [4.69, 9.17) is 17.2 Å². The van der Waals surface area contributed by atoms with Gasteiger partial charge in [0.25, 0.3) is 0 Å². The molecule has 1 aliphatic rings. The van der Waals surface area contributed by atoms with Crippen molar-refractivity contribution in [2.24, 2.45) is 39.9 Å². The number of nitrogens with zero attached hydrogens (tertiary/aromatic N) is 3. The first kappa shape index (κ1) is 63.4. The fraction of sp³-hybridized carbons (Fsp3) is 0.739. The first-order valence-electron chi connectivity index (χ1n) is 24.6. The van der Waals surface area contributed by atoms with Crippen LogP contribution in [0.5, 0.6) is 0 Å². The third kappa shape index (κ3) is 21.4. The van der Waals surface area contributed by atoms with Crippen molar-refractivity contribution < 1.29 is 57.8 Å². The highest BCUT2D eigenvalue weighted by molar-refractivity contribution is 5.98. The highest BCUT2D eigenvalue weighted by Crippen LogP contribution is 2.21. The van der Waals surface area contributed by atoms with Crippen molar-refractivity contribution in [3.63, 3.8) is 0 Å². The molecule has 0 aromatic carbocycles. The molecule has 11 amide bonds. The summed E-state index contributed by atoms with van der Waals surface area (Å²) in [4.78, 5) is 152. The molecule has 0 aliphatic carbocycles. The van der Waals surface area contributed by atoms with Gasteiger partial charge in [0, 0.05) is 40.0 Å². The second-order valence-electron chi connectivity index (χ2n) is 18.6. The zero-order valence-electron chi connectivity index (χ0n) is 43.6. The van der Waals surface area contributed by atoms with Crippen molar-refractivity contribution in [3.05, 3.63) is 0 Å². The molecule has 1 fully saturated rings. The Morgan fingerprint density at radius 2 is 1.21 bits per heavy atom. The molecule has 26 heteroatoms. The van der Waals surface area contributed by atoms with Crippen LogP contribution >= 0.6 is 0 Å². The summed E-state index contributed by atoms with van der Waals surface area (Å²) in [5, 5.41) is 31.4. The number of carbonyl (C=O) groups excluding carboxylic acids is 11. The van der Waals surface area contributed by atoms with E-state index in [2.05, 4.69) is 47.5 Å². The molecule has 0 radical (unpaired) electrons. The van der Waals surface area contributed by atoms with Gasteiger partial charge in [-0.3, -0.25) is 57.7 Å². The summed E-state index contributed by atoms with van der Waals surface area (Å²) in [5.41, 5.74) is 16.4. The fourth-order valence-electron chi connectivity index (χ4n) is 7.50. The average molecular weight is 1020 g/mol. The SMILES string of the molecule is CCNC(=O)[C@@H]1CCCN1C(=O)[C@H](CCCN=C(N)N)NC(=O)[C@@H](NC(=O)[C@H](CCC(N)=O)NC(=O)[C@@H](NC(=O)[C@H](NC(=O)[C@@H](NC(=O)CNC(=O)CN(C)C(C)=O)C(C)C)[C@@H](C)CC)[C@@H](C)O)[C@@H](C)CC. The van der Waals surface area contributed by atoms with Crippen molar-refractivity contribution >= 4 is 70.9 Å². The van der Waals surface area contributed by atoms with Crippen LogP contribution in [0.4, 0.5) is 0 Å². The van der Waals surface area contributed by atoms with Crippen LogP contribution in [0.1, 0.15) is 114 Å². The van der Waals surface area contributed by atoms with Crippen molar-refractivity contribution in [1.82, 2.24) is 52.3 Å². The van der Waals surface area contributed by atoms with Gasteiger partial charge in [0.15, 0.2) is 5.96 Å². The predicted octanol–water partition coefficient (Wildman–Crippen LogP) is -3.94. The normalized spacial score (nSPS) is 16.9. The minimum atomic E-state index is -1.75. The molecule has 15 N–H and O–H groups in total. The highest BCUT2D eigenvalue weighted by Gasteiger charge is 2.40. The smallest absolute Gasteiger partial charge is 0.245 e. The average Bonchev–Trinajstić information content (AvgIpc) is 3.81. The van der Waals surface area contributed by atoms with Crippen LogP contribution in [0.15, 0.2) is 4.99 Å². The van der Waals surface area contributed by atoms with E-state index in [1.165, 1.54) is 25.8 Å². The van der Waals surface area contributed by atoms with Crippen LogP contribution in [-0.2, 0) is 52.7 Å². The Morgan fingerprint density at radius 3 is 1.72 bits per heavy atom. The van der Waals surface area contributed by atoms with Gasteiger partial charge >= 0.3 is 0 Å². The second-order valence-corrected chi connectivity index (χ2v) is 18.6. The third-order valence-electron chi connectivity index (χ3n) is 12.3. The number of aliphatic hydroxyl groups is 1. The standard InChI is InChI=1S/C46H82N14O12/c1-11-25(6)36(42(69)54-30(16-14-20-51-46(48)49)45(72)60-21-15-17-31(60)40(67)50-13-3)56-39(66)29(18-19-32(47)63)53-44(71)38(27(8)61)58-43(70)37(26(7)12-2)57-41(68)35(24(4)5)55-33(64)22-52-34(65)23-59(10)28(9)62/h24-27,29-31,35-38,61H,11-23H2,1-10H3,(H2,47,63)(H,50,67)(H,52,65)(H,53,71)(H,54,69)(H,55,64)(H,56,66)(H,57,68)(H,58,70)(H4,48,49,51)/t25-,26-,27+,29-,30-,31-,35-,36-,37+,38-/m0/s1. The largest absolute Gasteiger partial charge is 0.391 e. The molecule has 0 aromatic rings. The van der Waals surface area contributed by atoms with Crippen molar-refractivity contribution in [2.75, 3.05) is 39.8 Å². The molecule has 10 atom stereocenters. The maximum absolute atomic E-state index is 14.2. The Morgan fingerprint density at radius 1 is 0.681 bits per heavy atom. The van der Waals surface area contributed by atoms with Gasteiger partial charge < -0.3 is 74.6 Å². The summed E-state index contributed by atoms with van der Waals surface area (Å²) < 4.78 is 0. The van der Waals surface area contributed by atoms with Crippen LogP contribution in [0, 0.1) is 17.8 Å². The first-order valence-corrected chi connectivity index (χ1v) is 24.6. The molecule has 0 bridgehead atoms. The van der Waals surface area contributed by atoms with Gasteiger partial charge in [-0.2, -0.15) is 0 Å². The van der Waals surface area contributed by atoms with Gasteiger partial charge in [0.1, 0.15) is 42.3 Å². The predicted molar refractivity (Wildman–Crippen MR) is 265 cm³/mol. The Labute approximate surface area is 422 Å². The van der Waals surface area contributed by atoms with E-state index >= 15 is 0 Å². The molecule has 1 rings (SSSR count). The minimum Gasteiger partial charge on any atom is -0.391 e. The van der Waals surface area contributed by atoms with Gasteiger partial charge in [-0.1, -0.05) is 54.4 Å². The molecule has 0 spiro atoms. The van der Waals surface area contributed by atoms with E-state index in [0.717, 1.165) is 4.90 Å². The van der Waals surface area contributed by atoms with E-state index in [0.29, 0.717) is 32.2 Å². The van der Waals surface area contributed by atoms with Crippen LogP contribution in [0.3, 0.4) is 0 Å². The first-order chi connectivity index (χ1) is 33.7. The third-order valence-corrected chi connectivity index (χ3v) is 12.3. The second kappa shape index (κ2) is 31.7. The molecule has 0 unspecified atom stereocenters. The Bertz CT molecular complexity index is 1930. The van der Waals surface area contributed by atoms with Gasteiger partial charge in [0.2, 0.25) is 65.0 Å². The van der Waals surface area contributed by atoms with E-state index in [1.54, 1.807) is 48.5 Å². The van der Waals surface area contributed by atoms with Crippen LogP contribution < -0.4 is 59.7 Å². The zero-order chi connectivity index (χ0) is 55.0. The number of carbonyl (C=O) groups is 11. The number of guanidine groups is 1. The number of rotatable bonds is 31. The number of aliphatic imine (C=N–C) groups is 1. The maximum Gasteiger partial charge on any atom is 0.245 e. The molecule has 0 aromatic heterocycles. The Hall–Kier alpha value is -6.60. The number of aliphatic hydroxyl groups excluding tert-OH is 1. The highest BCUT2D eigenvalue weighted by atomic mass is 16.3. The lowest BCUT2D eigenvalue weighted by Gasteiger charge is -2.32. The molecule has 1 heterocycles. The Balaban J connectivity index is 3.40. The van der Waals surface area contributed by atoms with Crippen LogP contribution in [0.2, 0.25) is 0 Å². The summed E-state index contributed by atoms with van der Waals surface area (Å²) in [7, 11) is 1.41. The molecule has 26 nitrogen and oxygen atoms in total. The van der Waals surface area contributed by atoms with Crippen LogP contribution in [0.25, 0.3) is 0 Å². The minimum absolute atomic E-state index is 0.0608. The molecule has 1 saturated heterocycles. The quantitative estimate of drug-likeness (QED) is 0.0179. The summed E-state index contributed by atoms with van der Waals surface area (Å²) in [6.07, 6.45) is -0.428. The number of primary amides is 1. The van der Waals surface area contributed by atoms with E-state index in [9.17, 15) is 57.8 Å². The van der Waals surface area contributed by atoms with Gasteiger partial charge in [-0.15, -0.1) is 0 Å². The maximum atomic E-state index is 14.2. The number of likely N-dealkylation sites (N-methyl/N-ethyl adjacent to an activating group) is 2. The molecule has 72 heavy (non-hydrogen) atoms. The number of likely N-dealkylation sites (tertiary alicyclic amines) is 1. The van der Waals surface area contributed by atoms with E-state index < -0.39 is 132 Å². The summed E-state index contributed by atoms with van der Waals surface area (Å²) in [6, 6.07) is -9.08. The number of hydrogen-bond donors (Lipinski definition) is 12. The van der Waals surface area contributed by atoms with Gasteiger partial charge in [-0.25, -0.2) is 0 Å². The molecule has 1 aliphatic heterocycles. The monoisotopic (exact) mass is 1020 g/mol. The fourth-order valence-corrected chi connectivity index (χ4v) is 7.50. The van der Waals surface area contributed by atoms with Gasteiger partial charge in [-0.05, 0) is 63.7 Å². The summed E-state index contributed by atoms with van der Waals surface area (Å²) in [6.45, 7) is 14.2. The van der Waals surface area contributed by atoms with Gasteiger partial charge in [0.05, 0.1) is 19.2 Å². The lowest BCUT2D eigenvalue weighted by Crippen LogP contribution is -2.63. The summed E-state index contributed by atoms with van der Waals surface area (Å²) >= 11 is 0. The zero-order valence-corrected chi connectivity index (χ0v) is 43.6. The van der Waals surface area contributed by atoms with E-state index in [-0.39, 0.29) is 56.7 Å². The summed E-state index contributed by atoms with van der Waals surface area (Å²) in [5.74, 6) is -9.70. The van der Waals surface area contributed by atoms with Crippen molar-refractivity contribution in [2.45, 2.75) is 162 Å². The van der Waals surface area contributed by atoms with Crippen LogP contribution in [-0.4, -0.2) is 174 Å². The molecular formula is C46H82N14O12. The molecule has 408 valence electrons. The van der Waals surface area contributed by atoms with Crippen molar-refractivity contribution in [3.8, 4) is 0 Å². The molecular weight excluding hydrogens is 941 g/mol.